The van der Waals surface area contributed by atoms with Crippen LogP contribution in [0.15, 0.2) is 30.3 Å². The second-order valence-electron chi connectivity index (χ2n) is 6.04. The summed E-state index contributed by atoms with van der Waals surface area (Å²) < 4.78 is 0. The summed E-state index contributed by atoms with van der Waals surface area (Å²) in [5, 5.41) is 3.71. The Hall–Kier alpha value is -0.860. The topological polar surface area (TPSA) is 15.3 Å². The van der Waals surface area contributed by atoms with E-state index >= 15 is 0 Å². The molecule has 1 saturated heterocycles. The molecule has 1 atom stereocenters. The molecule has 2 heteroatoms. The monoisotopic (exact) mass is 260 g/mol. The number of rotatable bonds is 5. The van der Waals surface area contributed by atoms with E-state index < -0.39 is 0 Å². The van der Waals surface area contributed by atoms with Crippen molar-refractivity contribution in [1.82, 2.24) is 10.2 Å². The van der Waals surface area contributed by atoms with Crippen LogP contribution in [-0.2, 0) is 5.54 Å². The van der Waals surface area contributed by atoms with Gasteiger partial charge in [-0.05, 0) is 18.4 Å². The Bertz CT molecular complexity index is 372. The van der Waals surface area contributed by atoms with Crippen molar-refractivity contribution in [3.63, 3.8) is 0 Å². The second-order valence-corrected chi connectivity index (χ2v) is 6.04. The summed E-state index contributed by atoms with van der Waals surface area (Å²) in [5.41, 5.74) is 1.51. The van der Waals surface area contributed by atoms with Gasteiger partial charge in [0, 0.05) is 26.2 Å². The lowest BCUT2D eigenvalue weighted by molar-refractivity contribution is 0.122. The van der Waals surface area contributed by atoms with Crippen LogP contribution in [-0.4, -0.2) is 31.1 Å². The summed E-state index contributed by atoms with van der Waals surface area (Å²) in [5.74, 6) is 0.845. The van der Waals surface area contributed by atoms with E-state index in [1.807, 2.05) is 0 Å². The van der Waals surface area contributed by atoms with E-state index in [4.69, 9.17) is 0 Å². The van der Waals surface area contributed by atoms with E-state index in [0.29, 0.717) is 0 Å². The highest BCUT2D eigenvalue weighted by Gasteiger charge is 2.32. The third-order valence-corrected chi connectivity index (χ3v) is 4.57. The highest BCUT2D eigenvalue weighted by molar-refractivity contribution is 5.24. The zero-order chi connectivity index (χ0) is 13.7. The Labute approximate surface area is 118 Å². The maximum atomic E-state index is 3.71. The molecule has 1 aromatic carbocycles. The summed E-state index contributed by atoms with van der Waals surface area (Å²) in [6.07, 6.45) is 2.59. The molecule has 0 aliphatic carbocycles. The minimum atomic E-state index is 0.103. The first-order chi connectivity index (χ1) is 9.18. The van der Waals surface area contributed by atoms with Gasteiger partial charge in [-0.2, -0.15) is 0 Å². The fourth-order valence-corrected chi connectivity index (χ4v) is 3.14. The number of benzene rings is 1. The average Bonchev–Trinajstić information content (AvgIpc) is 2.46. The number of hydrogen-bond acceptors (Lipinski definition) is 2. The van der Waals surface area contributed by atoms with Crippen molar-refractivity contribution in [3.8, 4) is 0 Å². The van der Waals surface area contributed by atoms with Crippen LogP contribution in [0.25, 0.3) is 0 Å². The van der Waals surface area contributed by atoms with E-state index in [9.17, 15) is 0 Å². The summed E-state index contributed by atoms with van der Waals surface area (Å²) in [6.45, 7) is 11.6. The lowest BCUT2D eigenvalue weighted by atomic mass is 9.89. The third-order valence-electron chi connectivity index (χ3n) is 4.57. The van der Waals surface area contributed by atoms with Crippen LogP contribution in [0.3, 0.4) is 0 Å². The quantitative estimate of drug-likeness (QED) is 0.874. The highest BCUT2D eigenvalue weighted by Crippen LogP contribution is 2.25. The van der Waals surface area contributed by atoms with Crippen molar-refractivity contribution >= 4 is 0 Å². The molecule has 1 aromatic rings. The third kappa shape index (κ3) is 3.58. The Morgan fingerprint density at radius 2 is 1.89 bits per heavy atom. The molecule has 0 aromatic heterocycles. The number of piperazine rings is 1. The molecule has 19 heavy (non-hydrogen) atoms. The van der Waals surface area contributed by atoms with E-state index in [1.165, 1.54) is 31.5 Å². The van der Waals surface area contributed by atoms with Crippen molar-refractivity contribution < 1.29 is 0 Å². The minimum Gasteiger partial charge on any atom is -0.305 e. The van der Waals surface area contributed by atoms with Gasteiger partial charge in [-0.1, -0.05) is 57.0 Å². The van der Waals surface area contributed by atoms with Gasteiger partial charge >= 0.3 is 0 Å². The van der Waals surface area contributed by atoms with Crippen LogP contribution in [0, 0.1) is 5.92 Å². The molecule has 1 N–H and O–H groups in total. The van der Waals surface area contributed by atoms with E-state index in [-0.39, 0.29) is 5.54 Å². The lowest BCUT2D eigenvalue weighted by Crippen LogP contribution is -2.57. The van der Waals surface area contributed by atoms with Gasteiger partial charge in [0.1, 0.15) is 0 Å². The maximum absolute atomic E-state index is 3.71. The molecule has 1 fully saturated rings. The first-order valence-corrected chi connectivity index (χ1v) is 7.71. The maximum Gasteiger partial charge on any atom is 0.0535 e. The largest absolute Gasteiger partial charge is 0.305 e. The Morgan fingerprint density at radius 1 is 1.21 bits per heavy atom. The molecular weight excluding hydrogens is 232 g/mol. The van der Waals surface area contributed by atoms with Crippen molar-refractivity contribution in [1.29, 1.82) is 0 Å². The first kappa shape index (κ1) is 14.5. The van der Waals surface area contributed by atoms with Crippen LogP contribution < -0.4 is 5.32 Å². The fraction of sp³-hybridized carbons (Fsp3) is 0.647. The van der Waals surface area contributed by atoms with Gasteiger partial charge in [0.15, 0.2) is 0 Å². The minimum absolute atomic E-state index is 0.103. The van der Waals surface area contributed by atoms with Crippen molar-refractivity contribution in [3.05, 3.63) is 35.9 Å². The summed E-state index contributed by atoms with van der Waals surface area (Å²) in [7, 11) is 0. The summed E-state index contributed by atoms with van der Waals surface area (Å²) in [6, 6.07) is 10.9. The van der Waals surface area contributed by atoms with Crippen LogP contribution in [0.4, 0.5) is 0 Å². The number of hydrogen-bond donors (Lipinski definition) is 1. The average molecular weight is 260 g/mol. The standard InChI is InChI=1S/C17H28N2/c1-4-15(5-2)13-19-12-11-18-17(3,14-19)16-9-7-6-8-10-16/h6-10,15,18H,4-5,11-14H2,1-3H3. The van der Waals surface area contributed by atoms with E-state index in [2.05, 4.69) is 61.3 Å². The Balaban J connectivity index is 2.04. The molecule has 2 nitrogen and oxygen atoms in total. The summed E-state index contributed by atoms with van der Waals surface area (Å²) >= 11 is 0. The highest BCUT2D eigenvalue weighted by atomic mass is 15.2. The fourth-order valence-electron chi connectivity index (χ4n) is 3.14. The molecule has 106 valence electrons. The van der Waals surface area contributed by atoms with Gasteiger partial charge in [-0.25, -0.2) is 0 Å². The zero-order valence-corrected chi connectivity index (χ0v) is 12.7. The Morgan fingerprint density at radius 3 is 2.53 bits per heavy atom. The Kier molecular flexibility index (Phi) is 5.00. The van der Waals surface area contributed by atoms with Crippen molar-refractivity contribution in [2.75, 3.05) is 26.2 Å². The smallest absolute Gasteiger partial charge is 0.0535 e. The molecule has 1 aliphatic rings. The van der Waals surface area contributed by atoms with Crippen molar-refractivity contribution in [2.45, 2.75) is 39.2 Å². The molecular formula is C17H28N2. The van der Waals surface area contributed by atoms with Gasteiger partial charge in [0.25, 0.3) is 0 Å². The van der Waals surface area contributed by atoms with E-state index in [1.54, 1.807) is 0 Å². The van der Waals surface area contributed by atoms with Gasteiger partial charge in [-0.3, -0.25) is 4.90 Å². The molecule has 1 heterocycles. The predicted octanol–water partition coefficient (Wildman–Crippen LogP) is 3.24. The summed E-state index contributed by atoms with van der Waals surface area (Å²) in [4.78, 5) is 2.64. The molecule has 1 aliphatic heterocycles. The van der Waals surface area contributed by atoms with Gasteiger partial charge < -0.3 is 5.32 Å². The molecule has 0 radical (unpaired) electrons. The van der Waals surface area contributed by atoms with Gasteiger partial charge in [-0.15, -0.1) is 0 Å². The second kappa shape index (κ2) is 6.53. The zero-order valence-electron chi connectivity index (χ0n) is 12.7. The van der Waals surface area contributed by atoms with Crippen LogP contribution in [0.5, 0.6) is 0 Å². The van der Waals surface area contributed by atoms with E-state index in [0.717, 1.165) is 19.0 Å². The lowest BCUT2D eigenvalue weighted by Gasteiger charge is -2.43. The molecule has 2 rings (SSSR count). The molecule has 0 bridgehead atoms. The van der Waals surface area contributed by atoms with Gasteiger partial charge in [0.05, 0.1) is 5.54 Å². The van der Waals surface area contributed by atoms with Crippen LogP contribution >= 0.6 is 0 Å². The van der Waals surface area contributed by atoms with Gasteiger partial charge in [0.2, 0.25) is 0 Å². The number of nitrogens with zero attached hydrogens (tertiary/aromatic N) is 1. The molecule has 1 unspecified atom stereocenters. The number of nitrogens with one attached hydrogen (secondary N) is 1. The predicted molar refractivity (Wildman–Crippen MR) is 82.3 cm³/mol. The van der Waals surface area contributed by atoms with Crippen LogP contribution in [0.2, 0.25) is 0 Å². The van der Waals surface area contributed by atoms with Crippen molar-refractivity contribution in [2.24, 2.45) is 5.92 Å². The first-order valence-electron chi connectivity index (χ1n) is 7.71. The normalized spacial score (nSPS) is 24.8. The molecule has 0 spiro atoms. The van der Waals surface area contributed by atoms with Crippen LogP contribution in [0.1, 0.15) is 39.2 Å². The molecule has 0 saturated carbocycles. The molecule has 0 amide bonds. The SMILES string of the molecule is CCC(CC)CN1CCNC(C)(c2ccccc2)C1.